The molecule has 0 saturated carbocycles. The molecule has 6 aromatic carbocycles. The minimum Gasteiger partial charge on any atom is -0.344 e. The van der Waals surface area contributed by atoms with Crippen molar-refractivity contribution in [1.29, 1.82) is 0 Å². The van der Waals surface area contributed by atoms with Crippen LogP contribution in [0.25, 0.3) is 10.8 Å². The highest BCUT2D eigenvalue weighted by atomic mass is 15.2. The van der Waals surface area contributed by atoms with E-state index < -0.39 is 0 Å². The van der Waals surface area contributed by atoms with Crippen molar-refractivity contribution in [3.8, 4) is 0 Å². The maximum absolute atomic E-state index is 4.81. The van der Waals surface area contributed by atoms with E-state index in [4.69, 9.17) is 6.58 Å². The second-order valence-corrected chi connectivity index (χ2v) is 15.7. The van der Waals surface area contributed by atoms with Crippen molar-refractivity contribution >= 4 is 16.5 Å². The Morgan fingerprint density at radius 2 is 1.26 bits per heavy atom. The quantitative estimate of drug-likeness (QED) is 0.109. The molecule has 1 aliphatic rings. The van der Waals surface area contributed by atoms with Crippen molar-refractivity contribution in [3.05, 3.63) is 221 Å². The number of anilines is 1. The predicted molar refractivity (Wildman–Crippen MR) is 228 cm³/mol. The zero-order valence-electron chi connectivity index (χ0n) is 31.9. The lowest BCUT2D eigenvalue weighted by Crippen LogP contribution is -2.36. The van der Waals surface area contributed by atoms with E-state index in [1.165, 1.54) is 55.5 Å². The van der Waals surface area contributed by atoms with Crippen molar-refractivity contribution < 1.29 is 0 Å². The molecule has 6 aromatic rings. The zero-order valence-corrected chi connectivity index (χ0v) is 31.9. The van der Waals surface area contributed by atoms with Gasteiger partial charge in [0.1, 0.15) is 0 Å². The molecular formula is C52H53N. The zero-order chi connectivity index (χ0) is 36.8. The highest BCUT2D eigenvalue weighted by Gasteiger charge is 2.48. The number of allylic oxidation sites excluding steroid dienone is 5. The monoisotopic (exact) mass is 691 g/mol. The highest BCUT2D eigenvalue weighted by molar-refractivity contribution is 5.95. The van der Waals surface area contributed by atoms with Crippen LogP contribution >= 0.6 is 0 Å². The molecule has 1 unspecified atom stereocenters. The van der Waals surface area contributed by atoms with Gasteiger partial charge in [-0.2, -0.15) is 0 Å². The molecule has 1 atom stereocenters. The van der Waals surface area contributed by atoms with E-state index in [0.717, 1.165) is 37.8 Å². The van der Waals surface area contributed by atoms with Gasteiger partial charge in [0, 0.05) is 28.8 Å². The fourth-order valence-corrected chi connectivity index (χ4v) is 8.71. The Labute approximate surface area is 318 Å². The van der Waals surface area contributed by atoms with Crippen LogP contribution in [0.15, 0.2) is 188 Å². The summed E-state index contributed by atoms with van der Waals surface area (Å²) in [6.45, 7) is 15.0. The Kier molecular flexibility index (Phi) is 10.6. The molecule has 266 valence electrons. The summed E-state index contributed by atoms with van der Waals surface area (Å²) in [4.78, 5) is 2.66. The smallest absolute Gasteiger partial charge is 0.0462 e. The first-order valence-corrected chi connectivity index (χ1v) is 19.3. The lowest BCUT2D eigenvalue weighted by Gasteiger charge is -2.35. The van der Waals surface area contributed by atoms with Gasteiger partial charge in [-0.15, -0.1) is 0 Å². The van der Waals surface area contributed by atoms with Crippen molar-refractivity contribution in [3.63, 3.8) is 0 Å². The molecule has 1 heterocycles. The molecule has 1 heteroatoms. The van der Waals surface area contributed by atoms with Crippen molar-refractivity contribution in [2.45, 2.75) is 64.2 Å². The molecule has 0 saturated heterocycles. The van der Waals surface area contributed by atoms with E-state index in [-0.39, 0.29) is 10.8 Å². The standard InChI is InChI=1S/C52H53N/c1-39(2)34-35-53-48-33-32-45-28-16-17-29-46(45)50(48)52(37-43-24-11-7-12-25-43,38-44-26-13-8-14-27-44)49(53)31-19-21-41(4)51(5,36-42-22-9-6-10-23-42)47-30-18-15-20-40(47)3/h6-33,39H,4,34-38H2,1-3,5H3/b21-19+,49-31+. The van der Waals surface area contributed by atoms with E-state index in [2.05, 4.69) is 202 Å². The maximum atomic E-state index is 4.81. The topological polar surface area (TPSA) is 3.24 Å². The molecule has 0 N–H and O–H groups in total. The summed E-state index contributed by atoms with van der Waals surface area (Å²) < 4.78 is 0. The highest BCUT2D eigenvalue weighted by Crippen LogP contribution is 2.54. The molecule has 0 amide bonds. The van der Waals surface area contributed by atoms with Gasteiger partial charge in [0.05, 0.1) is 0 Å². The van der Waals surface area contributed by atoms with Gasteiger partial charge < -0.3 is 4.90 Å². The second-order valence-electron chi connectivity index (χ2n) is 15.7. The largest absolute Gasteiger partial charge is 0.344 e. The van der Waals surface area contributed by atoms with Crippen LogP contribution in [0, 0.1) is 12.8 Å². The molecule has 1 aliphatic heterocycles. The third-order valence-electron chi connectivity index (χ3n) is 11.5. The van der Waals surface area contributed by atoms with E-state index in [9.17, 15) is 0 Å². The Bertz CT molecular complexity index is 2180. The van der Waals surface area contributed by atoms with Gasteiger partial charge in [-0.1, -0.05) is 185 Å². The summed E-state index contributed by atoms with van der Waals surface area (Å²) >= 11 is 0. The number of nitrogens with zero attached hydrogens (tertiary/aromatic N) is 1. The third kappa shape index (κ3) is 7.44. The van der Waals surface area contributed by atoms with E-state index >= 15 is 0 Å². The Morgan fingerprint density at radius 3 is 1.89 bits per heavy atom. The minimum atomic E-state index is -0.301. The number of fused-ring (bicyclic) bond motifs is 3. The Balaban J connectivity index is 1.42. The van der Waals surface area contributed by atoms with Gasteiger partial charge in [0.15, 0.2) is 0 Å². The molecule has 0 fully saturated rings. The summed E-state index contributed by atoms with van der Waals surface area (Å²) in [6.07, 6.45) is 10.8. The maximum Gasteiger partial charge on any atom is 0.0462 e. The summed E-state index contributed by atoms with van der Waals surface area (Å²) in [5, 5.41) is 2.64. The first-order chi connectivity index (χ1) is 25.8. The Hall–Kier alpha value is -5.40. The number of hydrogen-bond donors (Lipinski definition) is 0. The summed E-state index contributed by atoms with van der Waals surface area (Å²) in [7, 11) is 0. The van der Waals surface area contributed by atoms with E-state index in [0.29, 0.717) is 5.92 Å². The average Bonchev–Trinajstić information content (AvgIpc) is 3.42. The number of rotatable bonds is 13. The van der Waals surface area contributed by atoms with Crippen LogP contribution in [0.3, 0.4) is 0 Å². The normalized spacial score (nSPS) is 15.6. The fraction of sp³-hybridized carbons (Fsp3) is 0.231. The molecule has 0 spiro atoms. The molecule has 0 radical (unpaired) electrons. The summed E-state index contributed by atoms with van der Waals surface area (Å²) in [5.41, 5.74) is 11.3. The van der Waals surface area contributed by atoms with Crippen LogP contribution in [0.1, 0.15) is 60.6 Å². The summed E-state index contributed by atoms with van der Waals surface area (Å²) in [6, 6.07) is 55.6. The second kappa shape index (κ2) is 15.7. The lowest BCUT2D eigenvalue weighted by molar-refractivity contribution is 0.499. The van der Waals surface area contributed by atoms with Crippen molar-refractivity contribution in [2.24, 2.45) is 5.92 Å². The van der Waals surface area contributed by atoms with Gasteiger partial charge in [-0.05, 0) is 100 Å². The fourth-order valence-electron chi connectivity index (χ4n) is 8.71. The minimum absolute atomic E-state index is 0.279. The molecule has 0 bridgehead atoms. The third-order valence-corrected chi connectivity index (χ3v) is 11.5. The van der Waals surface area contributed by atoms with Crippen LogP contribution in [-0.4, -0.2) is 6.54 Å². The number of hydrogen-bond acceptors (Lipinski definition) is 1. The molecule has 1 nitrogen and oxygen atoms in total. The van der Waals surface area contributed by atoms with Crippen molar-refractivity contribution in [1.82, 2.24) is 0 Å². The first-order valence-electron chi connectivity index (χ1n) is 19.3. The van der Waals surface area contributed by atoms with Gasteiger partial charge in [-0.25, -0.2) is 0 Å². The molecular weight excluding hydrogens is 639 g/mol. The lowest BCUT2D eigenvalue weighted by atomic mass is 9.69. The molecule has 0 aliphatic carbocycles. The van der Waals surface area contributed by atoms with Gasteiger partial charge in [0.2, 0.25) is 0 Å². The van der Waals surface area contributed by atoms with Gasteiger partial charge >= 0.3 is 0 Å². The van der Waals surface area contributed by atoms with E-state index in [1.54, 1.807) is 0 Å². The summed E-state index contributed by atoms with van der Waals surface area (Å²) in [5.74, 6) is 0.585. The van der Waals surface area contributed by atoms with Gasteiger partial charge in [0.25, 0.3) is 0 Å². The van der Waals surface area contributed by atoms with Gasteiger partial charge in [-0.3, -0.25) is 0 Å². The van der Waals surface area contributed by atoms with Crippen LogP contribution in [-0.2, 0) is 30.1 Å². The molecule has 0 aromatic heterocycles. The molecule has 7 rings (SSSR count). The number of benzene rings is 6. The van der Waals surface area contributed by atoms with Crippen LogP contribution in [0.4, 0.5) is 5.69 Å². The van der Waals surface area contributed by atoms with Crippen molar-refractivity contribution in [2.75, 3.05) is 11.4 Å². The van der Waals surface area contributed by atoms with Crippen LogP contribution in [0.2, 0.25) is 0 Å². The number of aryl methyl sites for hydroxylation is 1. The van der Waals surface area contributed by atoms with E-state index in [1.807, 2.05) is 0 Å². The Morgan fingerprint density at radius 1 is 0.698 bits per heavy atom. The SMILES string of the molecule is C=C(/C=C/C=C1/N(CCC(C)C)c2ccc3ccccc3c2C1(Cc1ccccc1)Cc1ccccc1)C(C)(Cc1ccccc1)c1ccccc1C. The van der Waals surface area contributed by atoms with Crippen LogP contribution < -0.4 is 4.90 Å². The molecule has 53 heavy (non-hydrogen) atoms. The average molecular weight is 692 g/mol. The van der Waals surface area contributed by atoms with Crippen LogP contribution in [0.5, 0.6) is 0 Å². The predicted octanol–water partition coefficient (Wildman–Crippen LogP) is 12.9. The first kappa shape index (κ1) is 36.0.